The molecule has 0 amide bonds. The minimum absolute atomic E-state index is 0.204. The first-order chi connectivity index (χ1) is 9.13. The molecule has 1 aromatic heterocycles. The van der Waals surface area contributed by atoms with Crippen LogP contribution in [0.4, 0.5) is 0 Å². The Kier molecular flexibility index (Phi) is 4.38. The molecule has 1 aromatic carbocycles. The molecule has 3 heteroatoms. The molecule has 0 aliphatic carbocycles. The number of nitrogens with zero attached hydrogens (tertiary/aromatic N) is 2. The summed E-state index contributed by atoms with van der Waals surface area (Å²) in [7, 11) is 4.00. The second-order valence-corrected chi connectivity index (χ2v) is 5.19. The maximum Gasteiger partial charge on any atom is 0.178 e. The SMILES string of the molecule is CCCCN(C)CC(=O)c1cn(C)c2ccccc12. The van der Waals surface area contributed by atoms with Crippen molar-refractivity contribution in [1.82, 2.24) is 9.47 Å². The minimum Gasteiger partial charge on any atom is -0.350 e. The quantitative estimate of drug-likeness (QED) is 0.744. The standard InChI is InChI=1S/C16H22N2O/c1-4-5-10-17(2)12-16(19)14-11-18(3)15-9-7-6-8-13(14)15/h6-9,11H,4-5,10,12H2,1-3H3. The molecule has 102 valence electrons. The van der Waals surface area contributed by atoms with Gasteiger partial charge >= 0.3 is 0 Å². The lowest BCUT2D eigenvalue weighted by Gasteiger charge is -2.14. The van der Waals surface area contributed by atoms with E-state index < -0.39 is 0 Å². The monoisotopic (exact) mass is 258 g/mol. The van der Waals surface area contributed by atoms with Crippen molar-refractivity contribution in [3.63, 3.8) is 0 Å². The van der Waals surface area contributed by atoms with Gasteiger partial charge in [-0.3, -0.25) is 9.69 Å². The first-order valence-electron chi connectivity index (χ1n) is 6.89. The number of fused-ring (bicyclic) bond motifs is 1. The fourth-order valence-corrected chi connectivity index (χ4v) is 2.40. The molecule has 0 saturated heterocycles. The van der Waals surface area contributed by atoms with Crippen molar-refractivity contribution in [3.05, 3.63) is 36.0 Å². The van der Waals surface area contributed by atoms with E-state index in [9.17, 15) is 4.79 Å². The highest BCUT2D eigenvalue weighted by molar-refractivity contribution is 6.09. The highest BCUT2D eigenvalue weighted by atomic mass is 16.1. The predicted octanol–water partition coefficient (Wildman–Crippen LogP) is 3.09. The second kappa shape index (κ2) is 6.02. The van der Waals surface area contributed by atoms with Crippen molar-refractivity contribution < 1.29 is 4.79 Å². The number of unbranched alkanes of at least 4 members (excludes halogenated alkanes) is 1. The van der Waals surface area contributed by atoms with Crippen LogP contribution in [0, 0.1) is 0 Å². The zero-order valence-electron chi connectivity index (χ0n) is 12.0. The van der Waals surface area contributed by atoms with Crippen LogP contribution in [0.25, 0.3) is 10.9 Å². The fraction of sp³-hybridized carbons (Fsp3) is 0.438. The van der Waals surface area contributed by atoms with Gasteiger partial charge in [0.15, 0.2) is 5.78 Å². The minimum atomic E-state index is 0.204. The van der Waals surface area contributed by atoms with Gasteiger partial charge in [0.25, 0.3) is 0 Å². The van der Waals surface area contributed by atoms with Crippen molar-refractivity contribution in [1.29, 1.82) is 0 Å². The number of hydrogen-bond donors (Lipinski definition) is 0. The molecule has 0 radical (unpaired) electrons. The summed E-state index contributed by atoms with van der Waals surface area (Å²) >= 11 is 0. The van der Waals surface area contributed by atoms with Gasteiger partial charge in [0.05, 0.1) is 6.54 Å². The van der Waals surface area contributed by atoms with Crippen molar-refractivity contribution in [2.24, 2.45) is 7.05 Å². The number of benzene rings is 1. The summed E-state index contributed by atoms with van der Waals surface area (Å²) in [5, 5.41) is 1.05. The van der Waals surface area contributed by atoms with Gasteiger partial charge in [-0.15, -0.1) is 0 Å². The molecule has 0 fully saturated rings. The van der Waals surface area contributed by atoms with Crippen LogP contribution in [0.2, 0.25) is 0 Å². The largest absolute Gasteiger partial charge is 0.350 e. The highest BCUT2D eigenvalue weighted by Gasteiger charge is 2.14. The van der Waals surface area contributed by atoms with E-state index in [4.69, 9.17) is 0 Å². The molecule has 0 atom stereocenters. The lowest BCUT2D eigenvalue weighted by atomic mass is 10.1. The van der Waals surface area contributed by atoms with E-state index in [-0.39, 0.29) is 5.78 Å². The molecule has 2 aromatic rings. The van der Waals surface area contributed by atoms with E-state index in [0.29, 0.717) is 6.54 Å². The normalized spacial score (nSPS) is 11.4. The van der Waals surface area contributed by atoms with Crippen LogP contribution >= 0.6 is 0 Å². The van der Waals surface area contributed by atoms with E-state index >= 15 is 0 Å². The maximum absolute atomic E-state index is 12.4. The molecular formula is C16H22N2O. The van der Waals surface area contributed by atoms with Gasteiger partial charge in [-0.1, -0.05) is 31.5 Å². The van der Waals surface area contributed by atoms with Crippen LogP contribution in [0.15, 0.2) is 30.5 Å². The average molecular weight is 258 g/mol. The molecule has 2 rings (SSSR count). The third-order valence-corrected chi connectivity index (χ3v) is 3.50. The van der Waals surface area contributed by atoms with Crippen LogP contribution in [0.1, 0.15) is 30.1 Å². The number of likely N-dealkylation sites (N-methyl/N-ethyl adjacent to an activating group) is 1. The smallest absolute Gasteiger partial charge is 0.178 e. The molecular weight excluding hydrogens is 236 g/mol. The number of rotatable bonds is 6. The van der Waals surface area contributed by atoms with Crippen LogP contribution in [-0.4, -0.2) is 35.4 Å². The number of Topliss-reactive ketones (excluding diaryl/α,β-unsaturated/α-hetero) is 1. The third kappa shape index (κ3) is 3.04. The molecule has 1 heterocycles. The summed E-state index contributed by atoms with van der Waals surface area (Å²) < 4.78 is 2.02. The first kappa shape index (κ1) is 13.8. The molecule has 19 heavy (non-hydrogen) atoms. The van der Waals surface area contributed by atoms with Crippen LogP contribution < -0.4 is 0 Å². The Bertz CT molecular complexity index is 571. The summed E-state index contributed by atoms with van der Waals surface area (Å²) in [5.41, 5.74) is 1.95. The number of aromatic nitrogens is 1. The van der Waals surface area contributed by atoms with E-state index in [1.165, 1.54) is 0 Å². The zero-order valence-corrected chi connectivity index (χ0v) is 12.0. The van der Waals surface area contributed by atoms with Crippen molar-refractivity contribution in [3.8, 4) is 0 Å². The topological polar surface area (TPSA) is 25.2 Å². The lowest BCUT2D eigenvalue weighted by molar-refractivity contribution is 0.0947. The summed E-state index contributed by atoms with van der Waals surface area (Å²) in [6, 6.07) is 8.06. The molecule has 3 nitrogen and oxygen atoms in total. The van der Waals surface area contributed by atoms with E-state index in [0.717, 1.165) is 35.9 Å². The zero-order chi connectivity index (χ0) is 13.8. The van der Waals surface area contributed by atoms with Gasteiger partial charge in [-0.2, -0.15) is 0 Å². The van der Waals surface area contributed by atoms with Gasteiger partial charge in [-0.05, 0) is 26.1 Å². The molecule has 0 unspecified atom stereocenters. The number of para-hydroxylation sites is 1. The highest BCUT2D eigenvalue weighted by Crippen LogP contribution is 2.20. The molecule has 0 N–H and O–H groups in total. The Labute approximate surface area is 114 Å². The van der Waals surface area contributed by atoms with Crippen LogP contribution in [0.3, 0.4) is 0 Å². The summed E-state index contributed by atoms with van der Waals surface area (Å²) in [4.78, 5) is 14.5. The second-order valence-electron chi connectivity index (χ2n) is 5.19. The van der Waals surface area contributed by atoms with Gasteiger partial charge in [0, 0.05) is 29.7 Å². The fourth-order valence-electron chi connectivity index (χ4n) is 2.40. The summed E-state index contributed by atoms with van der Waals surface area (Å²) in [6.07, 6.45) is 4.24. The lowest BCUT2D eigenvalue weighted by Crippen LogP contribution is -2.26. The Morgan fingerprint density at radius 1 is 1.32 bits per heavy atom. The summed E-state index contributed by atoms with van der Waals surface area (Å²) in [6.45, 7) is 3.64. The van der Waals surface area contributed by atoms with Gasteiger partial charge < -0.3 is 4.57 Å². The van der Waals surface area contributed by atoms with Crippen molar-refractivity contribution in [2.75, 3.05) is 20.1 Å². The van der Waals surface area contributed by atoms with Gasteiger partial charge in [0.2, 0.25) is 0 Å². The molecule has 0 saturated carbocycles. The number of carbonyl (C=O) groups excluding carboxylic acids is 1. The maximum atomic E-state index is 12.4. The third-order valence-electron chi connectivity index (χ3n) is 3.50. The molecule has 0 spiro atoms. The Hall–Kier alpha value is -1.61. The van der Waals surface area contributed by atoms with E-state index in [1.54, 1.807) is 0 Å². The Morgan fingerprint density at radius 2 is 2.05 bits per heavy atom. The number of aryl methyl sites for hydroxylation is 1. The number of ketones is 1. The molecule has 0 bridgehead atoms. The Morgan fingerprint density at radius 3 is 2.79 bits per heavy atom. The summed E-state index contributed by atoms with van der Waals surface area (Å²) in [5.74, 6) is 0.204. The number of hydrogen-bond acceptors (Lipinski definition) is 2. The molecule has 0 aliphatic rings. The number of carbonyl (C=O) groups is 1. The predicted molar refractivity (Wildman–Crippen MR) is 79.7 cm³/mol. The van der Waals surface area contributed by atoms with Crippen molar-refractivity contribution >= 4 is 16.7 Å². The average Bonchev–Trinajstić information content (AvgIpc) is 2.74. The van der Waals surface area contributed by atoms with Crippen molar-refractivity contribution in [2.45, 2.75) is 19.8 Å². The van der Waals surface area contributed by atoms with Crippen LogP contribution in [-0.2, 0) is 7.05 Å². The molecule has 0 aliphatic heterocycles. The first-order valence-corrected chi connectivity index (χ1v) is 6.89. The van der Waals surface area contributed by atoms with Gasteiger partial charge in [-0.25, -0.2) is 0 Å². The van der Waals surface area contributed by atoms with Gasteiger partial charge in [0.1, 0.15) is 0 Å². The van der Waals surface area contributed by atoms with Crippen LogP contribution in [0.5, 0.6) is 0 Å². The Balaban J connectivity index is 2.18. The van der Waals surface area contributed by atoms with E-state index in [2.05, 4.69) is 11.8 Å². The van der Waals surface area contributed by atoms with E-state index in [1.807, 2.05) is 49.1 Å².